The van der Waals surface area contributed by atoms with Crippen LogP contribution in [0.5, 0.6) is 0 Å². The van der Waals surface area contributed by atoms with Crippen LogP contribution in [0.3, 0.4) is 0 Å². The van der Waals surface area contributed by atoms with E-state index in [2.05, 4.69) is 10.2 Å². The molecule has 1 fully saturated rings. The molecule has 3 rings (SSSR count). The third kappa shape index (κ3) is 2.29. The molecule has 0 atom stereocenters. The third-order valence-electron chi connectivity index (χ3n) is 4.12. The van der Waals surface area contributed by atoms with Gasteiger partial charge in [-0.05, 0) is 18.9 Å². The Labute approximate surface area is 117 Å². The second-order valence-electron chi connectivity index (χ2n) is 5.73. The summed E-state index contributed by atoms with van der Waals surface area (Å²) in [4.78, 5) is 14.2. The molecule has 106 valence electrons. The van der Waals surface area contributed by atoms with Crippen LogP contribution in [0, 0.1) is 0 Å². The maximum atomic E-state index is 12.6. The van der Waals surface area contributed by atoms with Gasteiger partial charge in [0.15, 0.2) is 0 Å². The molecule has 1 aliphatic carbocycles. The van der Waals surface area contributed by atoms with E-state index in [-0.39, 0.29) is 5.91 Å². The number of hydrogen-bond donors (Lipinski definition) is 2. The Morgan fingerprint density at radius 1 is 1.45 bits per heavy atom. The first-order valence-electron chi connectivity index (χ1n) is 6.99. The largest absolute Gasteiger partial charge is 0.388 e. The van der Waals surface area contributed by atoms with Crippen molar-refractivity contribution in [3.05, 3.63) is 30.0 Å². The number of para-hydroxylation sites is 1. The van der Waals surface area contributed by atoms with Crippen molar-refractivity contribution in [2.75, 3.05) is 13.6 Å². The number of H-pyrrole nitrogens is 1. The van der Waals surface area contributed by atoms with Crippen LogP contribution < -0.4 is 0 Å². The first-order chi connectivity index (χ1) is 9.59. The van der Waals surface area contributed by atoms with Gasteiger partial charge in [-0.3, -0.25) is 9.89 Å². The van der Waals surface area contributed by atoms with Crippen molar-refractivity contribution in [2.24, 2.45) is 0 Å². The zero-order chi connectivity index (χ0) is 14.2. The summed E-state index contributed by atoms with van der Waals surface area (Å²) in [5.41, 5.74) is 0.638. The minimum atomic E-state index is -0.716. The van der Waals surface area contributed by atoms with Crippen LogP contribution >= 0.6 is 0 Å². The fourth-order valence-electron chi connectivity index (χ4n) is 3.06. The number of nitrogens with zero attached hydrogens (tertiary/aromatic N) is 2. The second-order valence-corrected chi connectivity index (χ2v) is 5.73. The van der Waals surface area contributed by atoms with Gasteiger partial charge < -0.3 is 10.0 Å². The van der Waals surface area contributed by atoms with E-state index >= 15 is 0 Å². The molecule has 0 aliphatic heterocycles. The first kappa shape index (κ1) is 13.1. The SMILES string of the molecule is CN(CC1(O)CCCC1)C(=O)c1cccc2cn[nH]c12. The Morgan fingerprint density at radius 3 is 2.95 bits per heavy atom. The summed E-state index contributed by atoms with van der Waals surface area (Å²) in [6.45, 7) is 0.385. The second kappa shape index (κ2) is 4.90. The molecule has 1 amide bonds. The number of hydrogen-bond acceptors (Lipinski definition) is 3. The van der Waals surface area contributed by atoms with Crippen molar-refractivity contribution < 1.29 is 9.90 Å². The molecule has 0 bridgehead atoms. The first-order valence-corrected chi connectivity index (χ1v) is 6.99. The normalized spacial score (nSPS) is 17.5. The van der Waals surface area contributed by atoms with Gasteiger partial charge in [0.05, 0.1) is 22.9 Å². The fourth-order valence-corrected chi connectivity index (χ4v) is 3.06. The molecule has 1 aliphatic rings. The molecule has 1 heterocycles. The van der Waals surface area contributed by atoms with E-state index in [9.17, 15) is 9.90 Å². The van der Waals surface area contributed by atoms with Crippen LogP contribution in [0.25, 0.3) is 10.9 Å². The van der Waals surface area contributed by atoms with E-state index in [0.29, 0.717) is 12.1 Å². The van der Waals surface area contributed by atoms with Gasteiger partial charge in [-0.15, -0.1) is 0 Å². The summed E-state index contributed by atoms with van der Waals surface area (Å²) in [6, 6.07) is 5.56. The van der Waals surface area contributed by atoms with Gasteiger partial charge in [0.25, 0.3) is 5.91 Å². The van der Waals surface area contributed by atoms with Gasteiger partial charge in [-0.25, -0.2) is 0 Å². The van der Waals surface area contributed by atoms with E-state index in [0.717, 1.165) is 36.6 Å². The van der Waals surface area contributed by atoms with E-state index in [1.165, 1.54) is 0 Å². The molecule has 1 aromatic carbocycles. The number of rotatable bonds is 3. The molecule has 5 nitrogen and oxygen atoms in total. The van der Waals surface area contributed by atoms with Gasteiger partial charge in [0.2, 0.25) is 0 Å². The molecule has 0 radical (unpaired) electrons. The zero-order valence-electron chi connectivity index (χ0n) is 11.6. The molecule has 0 saturated heterocycles. The van der Waals surface area contributed by atoms with Crippen LogP contribution in [-0.4, -0.2) is 45.3 Å². The molecule has 1 aromatic heterocycles. The predicted molar refractivity (Wildman–Crippen MR) is 76.5 cm³/mol. The summed E-state index contributed by atoms with van der Waals surface area (Å²) >= 11 is 0. The highest BCUT2D eigenvalue weighted by Crippen LogP contribution is 2.30. The smallest absolute Gasteiger partial charge is 0.255 e. The van der Waals surface area contributed by atoms with Crippen molar-refractivity contribution in [3.8, 4) is 0 Å². The summed E-state index contributed by atoms with van der Waals surface area (Å²) in [7, 11) is 1.74. The Hall–Kier alpha value is -1.88. The van der Waals surface area contributed by atoms with Crippen LogP contribution in [-0.2, 0) is 0 Å². The summed E-state index contributed by atoms with van der Waals surface area (Å²) in [5, 5.41) is 18.2. The Bertz CT molecular complexity index is 629. The third-order valence-corrected chi connectivity index (χ3v) is 4.12. The number of amides is 1. The van der Waals surface area contributed by atoms with Gasteiger partial charge in [0, 0.05) is 19.0 Å². The lowest BCUT2D eigenvalue weighted by atomic mass is 10.0. The lowest BCUT2D eigenvalue weighted by Gasteiger charge is -2.28. The number of aliphatic hydroxyl groups is 1. The maximum absolute atomic E-state index is 12.6. The number of carbonyl (C=O) groups excluding carboxylic acids is 1. The molecule has 1 saturated carbocycles. The topological polar surface area (TPSA) is 69.2 Å². The van der Waals surface area contributed by atoms with E-state index in [1.807, 2.05) is 12.1 Å². The summed E-state index contributed by atoms with van der Waals surface area (Å²) < 4.78 is 0. The minimum Gasteiger partial charge on any atom is -0.388 e. The summed E-state index contributed by atoms with van der Waals surface area (Å²) in [6.07, 6.45) is 5.33. The molecule has 0 spiro atoms. The summed E-state index contributed by atoms with van der Waals surface area (Å²) in [5.74, 6) is -0.0832. The average Bonchev–Trinajstić information content (AvgIpc) is 3.06. The van der Waals surface area contributed by atoms with Crippen molar-refractivity contribution >= 4 is 16.8 Å². The number of aromatic nitrogens is 2. The molecular weight excluding hydrogens is 254 g/mol. The zero-order valence-corrected chi connectivity index (χ0v) is 11.6. The van der Waals surface area contributed by atoms with Gasteiger partial charge in [-0.1, -0.05) is 25.0 Å². The van der Waals surface area contributed by atoms with Crippen LogP contribution in [0.4, 0.5) is 0 Å². The number of benzene rings is 1. The van der Waals surface area contributed by atoms with Gasteiger partial charge in [0.1, 0.15) is 0 Å². The number of nitrogens with one attached hydrogen (secondary N) is 1. The standard InChI is InChI=1S/C15H19N3O2/c1-18(10-15(20)7-2-3-8-15)14(19)12-6-4-5-11-9-16-17-13(11)12/h4-6,9,20H,2-3,7-8,10H2,1H3,(H,16,17). The highest BCUT2D eigenvalue weighted by Gasteiger charge is 2.33. The van der Waals surface area contributed by atoms with Crippen molar-refractivity contribution in [3.63, 3.8) is 0 Å². The number of fused-ring (bicyclic) bond motifs is 1. The number of carbonyl (C=O) groups is 1. The lowest BCUT2D eigenvalue weighted by molar-refractivity contribution is 0.0157. The molecular formula is C15H19N3O2. The molecule has 5 heteroatoms. The Balaban J connectivity index is 1.83. The van der Waals surface area contributed by atoms with E-state index < -0.39 is 5.60 Å². The molecule has 20 heavy (non-hydrogen) atoms. The van der Waals surface area contributed by atoms with Crippen molar-refractivity contribution in [1.29, 1.82) is 0 Å². The van der Waals surface area contributed by atoms with Crippen LogP contribution in [0.15, 0.2) is 24.4 Å². The van der Waals surface area contributed by atoms with E-state index in [4.69, 9.17) is 0 Å². The maximum Gasteiger partial charge on any atom is 0.255 e. The Morgan fingerprint density at radius 2 is 2.20 bits per heavy atom. The Kier molecular flexibility index (Phi) is 3.22. The predicted octanol–water partition coefficient (Wildman–Crippen LogP) is 1.94. The fraction of sp³-hybridized carbons (Fsp3) is 0.467. The van der Waals surface area contributed by atoms with Gasteiger partial charge >= 0.3 is 0 Å². The van der Waals surface area contributed by atoms with E-state index in [1.54, 1.807) is 24.2 Å². The lowest BCUT2D eigenvalue weighted by Crippen LogP contribution is -2.42. The van der Waals surface area contributed by atoms with Crippen LogP contribution in [0.2, 0.25) is 0 Å². The van der Waals surface area contributed by atoms with Crippen LogP contribution in [0.1, 0.15) is 36.0 Å². The monoisotopic (exact) mass is 273 g/mol. The number of likely N-dealkylation sites (N-methyl/N-ethyl adjacent to an activating group) is 1. The highest BCUT2D eigenvalue weighted by atomic mass is 16.3. The van der Waals surface area contributed by atoms with Crippen molar-refractivity contribution in [2.45, 2.75) is 31.3 Å². The average molecular weight is 273 g/mol. The molecule has 0 unspecified atom stereocenters. The molecule has 2 N–H and O–H groups in total. The minimum absolute atomic E-state index is 0.0832. The number of aromatic amines is 1. The quantitative estimate of drug-likeness (QED) is 0.898. The van der Waals surface area contributed by atoms with Crippen molar-refractivity contribution in [1.82, 2.24) is 15.1 Å². The van der Waals surface area contributed by atoms with Gasteiger partial charge in [-0.2, -0.15) is 5.10 Å². The molecule has 2 aromatic rings. The highest BCUT2D eigenvalue weighted by molar-refractivity contribution is 6.05.